The molecule has 11 heteroatoms. The van der Waals surface area contributed by atoms with Crippen molar-refractivity contribution in [3.63, 3.8) is 0 Å². The second-order valence-corrected chi connectivity index (χ2v) is 15.4. The topological polar surface area (TPSA) is 137 Å². The highest BCUT2D eigenvalue weighted by atomic mass is 32.1. The fourth-order valence-electron chi connectivity index (χ4n) is 6.38. The van der Waals surface area contributed by atoms with Crippen molar-refractivity contribution >= 4 is 45.9 Å². The predicted molar refractivity (Wildman–Crippen MR) is 215 cm³/mol. The lowest BCUT2D eigenvalue weighted by molar-refractivity contribution is -0.135. The van der Waals surface area contributed by atoms with Gasteiger partial charge in [0, 0.05) is 30.8 Å². The van der Waals surface area contributed by atoms with Gasteiger partial charge in [0.15, 0.2) is 0 Å². The molecule has 1 heterocycles. The summed E-state index contributed by atoms with van der Waals surface area (Å²) in [5, 5.41) is 23.9. The molecule has 3 unspecified atom stereocenters. The highest BCUT2D eigenvalue weighted by Gasteiger charge is 2.32. The first kappa shape index (κ1) is 42.0. The second-order valence-electron chi connectivity index (χ2n) is 14.4. The van der Waals surface area contributed by atoms with Crippen LogP contribution in [0.15, 0.2) is 90.3 Å². The molecular formula is C43H56N4O6S. The molecule has 54 heavy (non-hydrogen) atoms. The molecule has 0 spiro atoms. The van der Waals surface area contributed by atoms with Crippen molar-refractivity contribution in [2.24, 2.45) is 11.8 Å². The van der Waals surface area contributed by atoms with E-state index in [1.54, 1.807) is 4.90 Å². The van der Waals surface area contributed by atoms with Crippen LogP contribution in [0.2, 0.25) is 0 Å². The van der Waals surface area contributed by atoms with E-state index in [4.69, 9.17) is 4.74 Å². The minimum absolute atomic E-state index is 0.0222. The summed E-state index contributed by atoms with van der Waals surface area (Å²) in [6.07, 6.45) is -0.338. The van der Waals surface area contributed by atoms with Crippen LogP contribution in [-0.2, 0) is 38.6 Å². The summed E-state index contributed by atoms with van der Waals surface area (Å²) in [6, 6.07) is 23.8. The molecule has 3 aromatic carbocycles. The van der Waals surface area contributed by atoms with Gasteiger partial charge in [0.2, 0.25) is 17.7 Å². The van der Waals surface area contributed by atoms with Gasteiger partial charge in [0.25, 0.3) is 0 Å². The van der Waals surface area contributed by atoms with Gasteiger partial charge in [-0.15, -0.1) is 11.3 Å². The Kier molecular flexibility index (Phi) is 16.5. The Labute approximate surface area is 323 Å². The van der Waals surface area contributed by atoms with Crippen molar-refractivity contribution < 1.29 is 29.0 Å². The van der Waals surface area contributed by atoms with Gasteiger partial charge in [-0.25, -0.2) is 4.79 Å². The fourth-order valence-corrected chi connectivity index (χ4v) is 7.14. The minimum atomic E-state index is -1.13. The molecule has 4 amide bonds. The van der Waals surface area contributed by atoms with Crippen molar-refractivity contribution in [3.8, 4) is 0 Å². The van der Waals surface area contributed by atoms with Crippen LogP contribution in [0.25, 0.3) is 10.8 Å². The Bertz CT molecular complexity index is 1780. The molecule has 4 aromatic rings. The average Bonchev–Trinajstić information content (AvgIpc) is 3.68. The molecule has 5 atom stereocenters. The Morgan fingerprint density at radius 1 is 0.796 bits per heavy atom. The number of aliphatic hydroxyl groups excluding tert-OH is 1. The normalized spacial score (nSPS) is 14.1. The number of benzene rings is 3. The monoisotopic (exact) mass is 756 g/mol. The van der Waals surface area contributed by atoms with Crippen molar-refractivity contribution in [1.82, 2.24) is 20.9 Å². The number of nitrogens with zero attached hydrogens (tertiary/aromatic N) is 1. The molecule has 0 radical (unpaired) electrons. The van der Waals surface area contributed by atoms with Gasteiger partial charge in [0.1, 0.15) is 18.7 Å². The second kappa shape index (κ2) is 21.2. The molecule has 0 aliphatic rings. The minimum Gasteiger partial charge on any atom is -0.445 e. The number of fused-ring (bicyclic) bond motifs is 1. The molecule has 1 aromatic heterocycles. The maximum Gasteiger partial charge on any atom is 0.408 e. The first-order chi connectivity index (χ1) is 26.0. The van der Waals surface area contributed by atoms with Gasteiger partial charge in [-0.05, 0) is 58.5 Å². The molecule has 0 aliphatic heterocycles. The molecule has 290 valence electrons. The molecule has 0 saturated carbocycles. The van der Waals surface area contributed by atoms with E-state index in [1.807, 2.05) is 111 Å². The van der Waals surface area contributed by atoms with E-state index in [1.165, 1.54) is 11.3 Å². The summed E-state index contributed by atoms with van der Waals surface area (Å²) in [5.74, 6) is -0.793. The highest BCUT2D eigenvalue weighted by Crippen LogP contribution is 2.21. The Morgan fingerprint density at radius 3 is 2.17 bits per heavy atom. The number of ether oxygens (including phenoxy) is 1. The van der Waals surface area contributed by atoms with Gasteiger partial charge in [0.05, 0.1) is 18.6 Å². The third kappa shape index (κ3) is 13.0. The first-order valence-corrected chi connectivity index (χ1v) is 19.9. The smallest absolute Gasteiger partial charge is 0.408 e. The van der Waals surface area contributed by atoms with E-state index >= 15 is 0 Å². The Balaban J connectivity index is 1.56. The van der Waals surface area contributed by atoms with Gasteiger partial charge in [-0.1, -0.05) is 113 Å². The number of rotatable bonds is 20. The van der Waals surface area contributed by atoms with Crippen molar-refractivity contribution in [2.75, 3.05) is 13.1 Å². The molecule has 0 aliphatic carbocycles. The zero-order valence-corrected chi connectivity index (χ0v) is 32.9. The van der Waals surface area contributed by atoms with E-state index in [2.05, 4.69) is 29.8 Å². The summed E-state index contributed by atoms with van der Waals surface area (Å²) < 4.78 is 5.51. The highest BCUT2D eigenvalue weighted by molar-refractivity contribution is 7.09. The molecule has 4 N–H and O–H groups in total. The number of aliphatic hydroxyl groups is 1. The zero-order chi connectivity index (χ0) is 39.0. The fraction of sp³-hybridized carbons (Fsp3) is 0.442. The van der Waals surface area contributed by atoms with Crippen LogP contribution < -0.4 is 16.0 Å². The SMILES string of the molecule is CCC(C)CN(CC)C(=O)CC(O)C(CC(C)C)NC(=O)[C@H](Cc1cccs1)NC(=O)[C@H](Cc1cccc2ccccc12)NC(=O)OCc1ccccc1. The number of carbonyl (C=O) groups is 4. The summed E-state index contributed by atoms with van der Waals surface area (Å²) in [6.45, 7) is 11.2. The molecule has 0 bridgehead atoms. The van der Waals surface area contributed by atoms with E-state index < -0.39 is 42.1 Å². The Morgan fingerprint density at radius 2 is 1.48 bits per heavy atom. The standard InChI is InChI=1S/C43H56N4O6S/c1-6-30(5)27-47(7-2)40(49)26-39(48)36(23-29(3)4)44-42(51)38(25-34-20-14-22-54-34)45-41(50)37(46-43(52)53-28-31-15-9-8-10-16-31)24-33-19-13-18-32-17-11-12-21-35(32)33/h8-22,29-30,36-39,48H,6-7,23-28H2,1-5H3,(H,44,51)(H,45,50)(H,46,52)/t30?,36?,37-,38-,39?/m0/s1. The molecule has 0 fully saturated rings. The number of thiophene rings is 1. The van der Waals surface area contributed by atoms with Crippen LogP contribution in [0.1, 0.15) is 69.9 Å². The number of alkyl carbamates (subject to hydrolysis) is 1. The number of amides is 4. The zero-order valence-electron chi connectivity index (χ0n) is 32.1. The average molecular weight is 757 g/mol. The summed E-state index contributed by atoms with van der Waals surface area (Å²) in [4.78, 5) is 57.5. The van der Waals surface area contributed by atoms with Crippen molar-refractivity contribution in [3.05, 3.63) is 106 Å². The number of hydrogen-bond acceptors (Lipinski definition) is 7. The van der Waals surface area contributed by atoms with E-state index in [0.717, 1.165) is 33.2 Å². The summed E-state index contributed by atoms with van der Waals surface area (Å²) in [7, 11) is 0. The molecule has 4 rings (SSSR count). The number of carbonyl (C=O) groups excluding carboxylic acids is 4. The van der Waals surface area contributed by atoms with Crippen molar-refractivity contribution in [2.45, 2.75) is 97.6 Å². The van der Waals surface area contributed by atoms with E-state index in [0.29, 0.717) is 25.4 Å². The maximum absolute atomic E-state index is 14.2. The van der Waals surface area contributed by atoms with Crippen LogP contribution in [-0.4, -0.2) is 71.1 Å². The first-order valence-electron chi connectivity index (χ1n) is 19.0. The lowest BCUT2D eigenvalue weighted by Crippen LogP contribution is -2.57. The van der Waals surface area contributed by atoms with Crippen LogP contribution in [0, 0.1) is 11.8 Å². The quantitative estimate of drug-likeness (QED) is 0.0799. The van der Waals surface area contributed by atoms with Gasteiger partial charge in [-0.2, -0.15) is 0 Å². The van der Waals surface area contributed by atoms with E-state index in [9.17, 15) is 24.3 Å². The predicted octanol–water partition coefficient (Wildman–Crippen LogP) is 6.64. The lowest BCUT2D eigenvalue weighted by atomic mass is 9.96. The van der Waals surface area contributed by atoms with Gasteiger partial charge in [-0.3, -0.25) is 14.4 Å². The third-order valence-corrected chi connectivity index (χ3v) is 10.5. The number of nitrogens with one attached hydrogen (secondary N) is 3. The molecule has 0 saturated heterocycles. The molecule has 10 nitrogen and oxygen atoms in total. The van der Waals surface area contributed by atoms with Gasteiger partial charge < -0.3 is 30.7 Å². The van der Waals surface area contributed by atoms with Crippen LogP contribution in [0.3, 0.4) is 0 Å². The van der Waals surface area contributed by atoms with Gasteiger partial charge >= 0.3 is 6.09 Å². The summed E-state index contributed by atoms with van der Waals surface area (Å²) >= 11 is 1.46. The van der Waals surface area contributed by atoms with Crippen LogP contribution in [0.4, 0.5) is 4.79 Å². The third-order valence-electron chi connectivity index (χ3n) is 9.61. The molecular weight excluding hydrogens is 701 g/mol. The maximum atomic E-state index is 14.2. The number of hydrogen-bond donors (Lipinski definition) is 4. The van der Waals surface area contributed by atoms with Crippen LogP contribution >= 0.6 is 11.3 Å². The van der Waals surface area contributed by atoms with E-state index in [-0.39, 0.29) is 37.7 Å². The Hall–Kier alpha value is -4.74. The largest absolute Gasteiger partial charge is 0.445 e. The van der Waals surface area contributed by atoms with Crippen molar-refractivity contribution in [1.29, 1.82) is 0 Å². The lowest BCUT2D eigenvalue weighted by Gasteiger charge is -2.30. The summed E-state index contributed by atoms with van der Waals surface area (Å²) in [5.41, 5.74) is 1.64. The van der Waals surface area contributed by atoms with Crippen LogP contribution in [0.5, 0.6) is 0 Å².